The molecule has 5 rings (SSSR count). The molecule has 0 aromatic heterocycles. The maximum atomic E-state index is 14.4. The maximum Gasteiger partial charge on any atom is 0.190 e. The summed E-state index contributed by atoms with van der Waals surface area (Å²) in [5.74, 6) is -8.75. The number of hydrogen-bond acceptors (Lipinski definition) is 7. The molecule has 7 heteroatoms. The first-order chi connectivity index (χ1) is 18.7. The number of aromatic hydroxyl groups is 1. The van der Waals surface area contributed by atoms with Gasteiger partial charge in [-0.3, -0.25) is 24.0 Å². The molecule has 40 heavy (non-hydrogen) atoms. The van der Waals surface area contributed by atoms with Gasteiger partial charge in [0.05, 0.1) is 11.5 Å². The van der Waals surface area contributed by atoms with Crippen LogP contribution in [0.25, 0.3) is 11.1 Å². The summed E-state index contributed by atoms with van der Waals surface area (Å²) in [6.07, 6.45) is 0.704. The number of rotatable bonds is 4. The van der Waals surface area contributed by atoms with E-state index >= 15 is 0 Å². The fraction of sp³-hybridized carbons (Fsp3) is 0.485. The van der Waals surface area contributed by atoms with Gasteiger partial charge in [0.2, 0.25) is 0 Å². The second kappa shape index (κ2) is 9.03. The lowest BCUT2D eigenvalue weighted by Gasteiger charge is -2.62. The van der Waals surface area contributed by atoms with Gasteiger partial charge in [-0.1, -0.05) is 65.0 Å². The molecule has 3 unspecified atom stereocenters. The Hall–Kier alpha value is -3.45. The summed E-state index contributed by atoms with van der Waals surface area (Å²) in [6, 6.07) is 11.4. The fourth-order valence-corrected chi connectivity index (χ4v) is 8.40. The average Bonchev–Trinajstić information content (AvgIpc) is 2.86. The maximum absolute atomic E-state index is 14.4. The second-order valence-electron chi connectivity index (χ2n) is 12.8. The van der Waals surface area contributed by atoms with E-state index in [2.05, 4.69) is 0 Å². The Morgan fingerprint density at radius 1 is 1.05 bits per heavy atom. The van der Waals surface area contributed by atoms with Crippen molar-refractivity contribution in [3.63, 3.8) is 0 Å². The molecule has 2 aromatic carbocycles. The van der Waals surface area contributed by atoms with E-state index in [9.17, 15) is 34.2 Å². The molecular formula is C33H36O7. The Kier molecular flexibility index (Phi) is 6.34. The van der Waals surface area contributed by atoms with Gasteiger partial charge in [0.1, 0.15) is 17.5 Å². The predicted molar refractivity (Wildman–Crippen MR) is 148 cm³/mol. The SMILES string of the molecule is CCc1cc(-c2ccccc2)c2c(c1O)C(=O)C1C(=O)[C@@]3(O)C(=O)C(C(C)=O)C(=O)C(C(C)C)[C@@]3(C)C[C@@]1(C)C2. The minimum absolute atomic E-state index is 0.0353. The third-order valence-corrected chi connectivity index (χ3v) is 9.92. The number of ketones is 5. The molecule has 7 nitrogen and oxygen atoms in total. The first kappa shape index (κ1) is 28.1. The normalized spacial score (nSPS) is 33.5. The zero-order valence-electron chi connectivity index (χ0n) is 23.8. The molecule has 3 aliphatic carbocycles. The van der Waals surface area contributed by atoms with Crippen LogP contribution in [0.5, 0.6) is 5.75 Å². The van der Waals surface area contributed by atoms with Crippen LogP contribution in [0.3, 0.4) is 0 Å². The summed E-state index contributed by atoms with van der Waals surface area (Å²) in [7, 11) is 0. The minimum Gasteiger partial charge on any atom is -0.507 e. The van der Waals surface area contributed by atoms with Crippen molar-refractivity contribution in [2.45, 2.75) is 66.4 Å². The molecule has 2 saturated carbocycles. The zero-order valence-corrected chi connectivity index (χ0v) is 23.8. The minimum atomic E-state index is -2.69. The van der Waals surface area contributed by atoms with Gasteiger partial charge < -0.3 is 10.2 Å². The van der Waals surface area contributed by atoms with Gasteiger partial charge in [-0.2, -0.15) is 0 Å². The van der Waals surface area contributed by atoms with Crippen LogP contribution < -0.4 is 0 Å². The Bertz CT molecular complexity index is 1490. The molecule has 2 fully saturated rings. The van der Waals surface area contributed by atoms with E-state index in [4.69, 9.17) is 0 Å². The molecule has 0 radical (unpaired) electrons. The van der Waals surface area contributed by atoms with E-state index in [1.165, 1.54) is 0 Å². The summed E-state index contributed by atoms with van der Waals surface area (Å²) >= 11 is 0. The van der Waals surface area contributed by atoms with Crippen LogP contribution in [0.4, 0.5) is 0 Å². The van der Waals surface area contributed by atoms with Crippen LogP contribution in [-0.4, -0.2) is 44.7 Å². The average molecular weight is 545 g/mol. The van der Waals surface area contributed by atoms with Crippen LogP contribution in [0.1, 0.15) is 69.4 Å². The molecule has 0 bridgehead atoms. The predicted octanol–water partition coefficient (Wildman–Crippen LogP) is 4.32. The third kappa shape index (κ3) is 3.43. The summed E-state index contributed by atoms with van der Waals surface area (Å²) < 4.78 is 0. The third-order valence-electron chi connectivity index (χ3n) is 9.92. The van der Waals surface area contributed by atoms with E-state index in [-0.39, 0.29) is 30.1 Å². The molecule has 0 saturated heterocycles. The zero-order chi connectivity index (χ0) is 29.5. The Morgan fingerprint density at radius 3 is 2.23 bits per heavy atom. The van der Waals surface area contributed by atoms with Crippen molar-refractivity contribution in [3.8, 4) is 16.9 Å². The van der Waals surface area contributed by atoms with Crippen molar-refractivity contribution < 1.29 is 34.2 Å². The molecular weight excluding hydrogens is 508 g/mol. The summed E-state index contributed by atoms with van der Waals surface area (Å²) in [5.41, 5.74) is -2.42. The molecule has 0 heterocycles. The number of phenolic OH excluding ortho intramolecular Hbond substituents is 1. The van der Waals surface area contributed by atoms with Gasteiger partial charge in [-0.25, -0.2) is 0 Å². The number of hydrogen-bond donors (Lipinski definition) is 2. The number of aliphatic hydroxyl groups is 1. The molecule has 0 aliphatic heterocycles. The number of carbonyl (C=O) groups is 5. The smallest absolute Gasteiger partial charge is 0.190 e. The lowest BCUT2D eigenvalue weighted by molar-refractivity contribution is -0.205. The van der Waals surface area contributed by atoms with Gasteiger partial charge in [0.25, 0.3) is 0 Å². The van der Waals surface area contributed by atoms with E-state index in [1.807, 2.05) is 43.3 Å². The fourth-order valence-electron chi connectivity index (χ4n) is 8.40. The van der Waals surface area contributed by atoms with Crippen molar-refractivity contribution in [1.29, 1.82) is 0 Å². The number of carbonyl (C=O) groups excluding carboxylic acids is 5. The molecule has 210 valence electrons. The highest BCUT2D eigenvalue weighted by Crippen LogP contribution is 2.64. The molecule has 3 aliphatic rings. The van der Waals surface area contributed by atoms with Gasteiger partial charge in [0, 0.05) is 11.3 Å². The monoisotopic (exact) mass is 544 g/mol. The molecule has 6 atom stereocenters. The van der Waals surface area contributed by atoms with Crippen LogP contribution in [0.2, 0.25) is 0 Å². The Balaban J connectivity index is 1.78. The van der Waals surface area contributed by atoms with Gasteiger partial charge >= 0.3 is 0 Å². The van der Waals surface area contributed by atoms with Crippen molar-refractivity contribution in [1.82, 2.24) is 0 Å². The topological polar surface area (TPSA) is 126 Å². The van der Waals surface area contributed by atoms with Crippen LogP contribution in [0.15, 0.2) is 36.4 Å². The van der Waals surface area contributed by atoms with Crippen LogP contribution >= 0.6 is 0 Å². The van der Waals surface area contributed by atoms with Crippen molar-refractivity contribution in [2.75, 3.05) is 0 Å². The lowest BCUT2D eigenvalue weighted by Crippen LogP contribution is -2.76. The summed E-state index contributed by atoms with van der Waals surface area (Å²) in [5, 5.41) is 23.4. The number of fused-ring (bicyclic) bond motifs is 3. The number of benzene rings is 2. The van der Waals surface area contributed by atoms with Gasteiger partial charge in [-0.15, -0.1) is 0 Å². The summed E-state index contributed by atoms with van der Waals surface area (Å²) in [4.78, 5) is 68.7. The highest BCUT2D eigenvalue weighted by Gasteiger charge is 2.76. The first-order valence-corrected chi connectivity index (χ1v) is 14.0. The van der Waals surface area contributed by atoms with E-state index in [1.54, 1.807) is 27.7 Å². The standard InChI is InChI=1S/C33H36O7/c1-7-18-13-20(19-11-9-8-10-12-19)21-14-31(5)15-32(6)24(16(2)3)27(36)22(17(4)34)29(38)33(32,40)30(39)25(31)28(37)23(21)26(18)35/h8-13,16,22,24-25,35,40H,7,14-15H2,1-6H3/t22?,24?,25?,31-,32-,33+/m1/s1. The highest BCUT2D eigenvalue weighted by atomic mass is 16.3. The molecule has 2 N–H and O–H groups in total. The number of aryl methyl sites for hydroxylation is 1. The Labute approximate surface area is 234 Å². The van der Waals surface area contributed by atoms with E-state index in [0.717, 1.165) is 18.1 Å². The lowest BCUT2D eigenvalue weighted by atomic mass is 9.39. The Morgan fingerprint density at radius 2 is 1.68 bits per heavy atom. The molecule has 0 amide bonds. The van der Waals surface area contributed by atoms with Crippen molar-refractivity contribution in [3.05, 3.63) is 53.1 Å². The highest BCUT2D eigenvalue weighted by molar-refractivity contribution is 6.32. The van der Waals surface area contributed by atoms with E-state index < -0.39 is 63.1 Å². The largest absolute Gasteiger partial charge is 0.507 e. The van der Waals surface area contributed by atoms with E-state index in [0.29, 0.717) is 17.5 Å². The van der Waals surface area contributed by atoms with Crippen LogP contribution in [0, 0.1) is 34.5 Å². The van der Waals surface area contributed by atoms with Gasteiger partial charge in [0.15, 0.2) is 28.7 Å². The van der Waals surface area contributed by atoms with Gasteiger partial charge in [-0.05, 0) is 65.8 Å². The summed E-state index contributed by atoms with van der Waals surface area (Å²) in [6.45, 7) is 9.90. The number of phenols is 1. The molecule has 0 spiro atoms. The quantitative estimate of drug-likeness (QED) is 0.549. The van der Waals surface area contributed by atoms with Crippen LogP contribution in [-0.2, 0) is 32.0 Å². The van der Waals surface area contributed by atoms with Crippen molar-refractivity contribution >= 4 is 28.9 Å². The molecule has 2 aromatic rings. The number of Topliss-reactive ketones (excluding diaryl/α,β-unsaturated/α-hetero) is 5. The van der Waals surface area contributed by atoms with Crippen molar-refractivity contribution in [2.24, 2.45) is 34.5 Å². The first-order valence-electron chi connectivity index (χ1n) is 14.0. The second-order valence-corrected chi connectivity index (χ2v) is 12.8.